The van der Waals surface area contributed by atoms with Gasteiger partial charge in [0.25, 0.3) is 10.0 Å². The third-order valence-electron chi connectivity index (χ3n) is 3.98. The van der Waals surface area contributed by atoms with Crippen molar-refractivity contribution in [3.8, 4) is 0 Å². The Morgan fingerprint density at radius 3 is 1.27 bits per heavy atom. The summed E-state index contributed by atoms with van der Waals surface area (Å²) >= 11 is 0. The van der Waals surface area contributed by atoms with E-state index in [2.05, 4.69) is 0 Å². The summed E-state index contributed by atoms with van der Waals surface area (Å²) in [5.74, 6) is -49.5. The van der Waals surface area contributed by atoms with Gasteiger partial charge in [0.05, 0.1) is 6.61 Å². The fourth-order valence-electron chi connectivity index (χ4n) is 2.26. The average molecular weight is 505 g/mol. The molecule has 0 unspecified atom stereocenters. The molecule has 0 saturated heterocycles. The highest BCUT2D eigenvalue weighted by molar-refractivity contribution is 7.90. The maximum absolute atomic E-state index is 14.2. The highest BCUT2D eigenvalue weighted by Crippen LogP contribution is 2.73. The van der Waals surface area contributed by atoms with Gasteiger partial charge in [-0.2, -0.15) is 61.5 Å². The van der Waals surface area contributed by atoms with E-state index < -0.39 is 69.6 Å². The number of aliphatic hydroxyl groups is 1. The average Bonchev–Trinajstić information content (AvgIpc) is 2.56. The van der Waals surface area contributed by atoms with Crippen LogP contribution in [-0.2, 0) is 10.0 Å². The standard InChI is InChI=1S/C10H6F15NO3S/c11-3(6(16,17)10(24,25)30(28,29)26-1-2-27)4(12,13)7(18,19)9(22,23)8(20,21)5(3,14)15/h26-27H,1-2H2. The molecule has 0 aromatic rings. The van der Waals surface area contributed by atoms with Crippen LogP contribution in [0.15, 0.2) is 0 Å². The molecule has 1 aliphatic carbocycles. The Morgan fingerprint density at radius 1 is 0.667 bits per heavy atom. The quantitative estimate of drug-likeness (QED) is 0.546. The van der Waals surface area contributed by atoms with Crippen LogP contribution in [0.2, 0.25) is 0 Å². The summed E-state index contributed by atoms with van der Waals surface area (Å²) in [6.07, 6.45) is 0. The molecule has 1 fully saturated rings. The summed E-state index contributed by atoms with van der Waals surface area (Å²) in [6, 6.07) is 0. The largest absolute Gasteiger partial charge is 0.424 e. The predicted octanol–water partition coefficient (Wildman–Crippen LogP) is 3.02. The summed E-state index contributed by atoms with van der Waals surface area (Å²) in [4.78, 5) is 0. The van der Waals surface area contributed by atoms with Crippen molar-refractivity contribution in [2.24, 2.45) is 0 Å². The molecule has 1 rings (SSSR count). The summed E-state index contributed by atoms with van der Waals surface area (Å²) in [7, 11) is -7.35. The molecule has 0 aromatic heterocycles. The first-order valence-corrected chi connectivity index (χ1v) is 8.23. The zero-order chi connectivity index (χ0) is 24.6. The molecule has 0 aliphatic heterocycles. The van der Waals surface area contributed by atoms with Gasteiger partial charge >= 0.3 is 46.5 Å². The predicted molar refractivity (Wildman–Crippen MR) is 62.5 cm³/mol. The van der Waals surface area contributed by atoms with Gasteiger partial charge in [-0.3, -0.25) is 0 Å². The van der Waals surface area contributed by atoms with Gasteiger partial charge in [0.15, 0.2) is 0 Å². The minimum absolute atomic E-state index is 0.236. The van der Waals surface area contributed by atoms with Gasteiger partial charge in [0, 0.05) is 6.54 Å². The van der Waals surface area contributed by atoms with Crippen molar-refractivity contribution in [1.29, 1.82) is 0 Å². The fourth-order valence-corrected chi connectivity index (χ4v) is 3.28. The van der Waals surface area contributed by atoms with Crippen molar-refractivity contribution in [2.75, 3.05) is 13.2 Å². The third kappa shape index (κ3) is 2.49. The zero-order valence-corrected chi connectivity index (χ0v) is 14.1. The summed E-state index contributed by atoms with van der Waals surface area (Å²) in [5.41, 5.74) is -8.58. The maximum Gasteiger partial charge on any atom is 0.424 e. The Hall–Kier alpha value is -1.18. The molecule has 0 spiro atoms. The molecule has 0 radical (unpaired) electrons. The second-order valence-corrected chi connectivity index (χ2v) is 7.55. The fraction of sp³-hybridized carbons (Fsp3) is 1.00. The van der Waals surface area contributed by atoms with E-state index in [1.807, 2.05) is 0 Å². The van der Waals surface area contributed by atoms with Crippen LogP contribution in [-0.4, -0.2) is 73.1 Å². The SMILES string of the molecule is O=S(=O)(NCCO)C(F)(F)C(F)(F)C1(F)C(F)(F)C(F)(F)C(F)(F)C(F)(F)C1(F)F. The number of hydrogen-bond acceptors (Lipinski definition) is 3. The molecule has 180 valence electrons. The third-order valence-corrected chi connectivity index (χ3v) is 5.50. The van der Waals surface area contributed by atoms with Crippen molar-refractivity contribution < 1.29 is 79.4 Å². The summed E-state index contributed by atoms with van der Waals surface area (Å²) in [5, 5.41) is 0.560. The number of nitrogens with one attached hydrogen (secondary N) is 1. The van der Waals surface area contributed by atoms with Crippen molar-refractivity contribution in [3.05, 3.63) is 0 Å². The first-order valence-electron chi connectivity index (χ1n) is 6.75. The highest BCUT2D eigenvalue weighted by Gasteiger charge is 3.07. The van der Waals surface area contributed by atoms with Gasteiger partial charge in [0.1, 0.15) is 0 Å². The topological polar surface area (TPSA) is 66.4 Å². The van der Waals surface area contributed by atoms with E-state index in [9.17, 15) is 74.3 Å². The Bertz CT molecular complexity index is 762. The van der Waals surface area contributed by atoms with Gasteiger partial charge in [0.2, 0.25) is 0 Å². The number of rotatable bonds is 6. The molecule has 0 aromatic carbocycles. The molecule has 20 heteroatoms. The van der Waals surface area contributed by atoms with E-state index >= 15 is 0 Å². The molecule has 1 saturated carbocycles. The lowest BCUT2D eigenvalue weighted by molar-refractivity contribution is -0.512. The van der Waals surface area contributed by atoms with Crippen LogP contribution in [0.25, 0.3) is 0 Å². The van der Waals surface area contributed by atoms with E-state index in [0.29, 0.717) is 0 Å². The van der Waals surface area contributed by atoms with Crippen LogP contribution in [0.3, 0.4) is 0 Å². The van der Waals surface area contributed by atoms with Crippen molar-refractivity contribution in [3.63, 3.8) is 0 Å². The van der Waals surface area contributed by atoms with Crippen LogP contribution in [0.4, 0.5) is 65.9 Å². The highest BCUT2D eigenvalue weighted by atomic mass is 32.2. The van der Waals surface area contributed by atoms with Gasteiger partial charge in [-0.05, 0) is 0 Å². The van der Waals surface area contributed by atoms with E-state index in [-0.39, 0.29) is 4.72 Å². The van der Waals surface area contributed by atoms with E-state index in [1.165, 1.54) is 0 Å². The number of halogens is 15. The summed E-state index contributed by atoms with van der Waals surface area (Å²) in [6.45, 7) is -3.21. The Morgan fingerprint density at radius 2 is 0.967 bits per heavy atom. The molecule has 0 bridgehead atoms. The second kappa shape index (κ2) is 6.42. The van der Waals surface area contributed by atoms with Gasteiger partial charge in [-0.25, -0.2) is 17.5 Å². The molecule has 2 N–H and O–H groups in total. The number of hydrogen-bond donors (Lipinski definition) is 2. The van der Waals surface area contributed by atoms with E-state index in [4.69, 9.17) is 5.11 Å². The maximum atomic E-state index is 14.2. The van der Waals surface area contributed by atoms with Gasteiger partial charge in [-0.15, -0.1) is 0 Å². The molecule has 0 amide bonds. The summed E-state index contributed by atoms with van der Waals surface area (Å²) < 4.78 is 224. The minimum atomic E-state index is -8.58. The molecular weight excluding hydrogens is 499 g/mol. The second-order valence-electron chi connectivity index (χ2n) is 5.74. The number of aliphatic hydroxyl groups excluding tert-OH is 1. The van der Waals surface area contributed by atoms with E-state index in [0.717, 1.165) is 0 Å². The first-order chi connectivity index (χ1) is 12.8. The molecule has 30 heavy (non-hydrogen) atoms. The smallest absolute Gasteiger partial charge is 0.395 e. The lowest BCUT2D eigenvalue weighted by Gasteiger charge is -2.54. The molecule has 0 heterocycles. The van der Waals surface area contributed by atoms with Crippen LogP contribution in [0.1, 0.15) is 0 Å². The number of sulfonamides is 1. The normalized spacial score (nSPS) is 26.9. The van der Waals surface area contributed by atoms with Crippen LogP contribution in [0, 0.1) is 0 Å². The lowest BCUT2D eigenvalue weighted by atomic mass is 9.69. The Balaban J connectivity index is 4.03. The van der Waals surface area contributed by atoms with Crippen LogP contribution < -0.4 is 4.72 Å². The van der Waals surface area contributed by atoms with Crippen molar-refractivity contribution in [2.45, 2.75) is 46.5 Å². The van der Waals surface area contributed by atoms with Gasteiger partial charge in [-0.1, -0.05) is 0 Å². The minimum Gasteiger partial charge on any atom is -0.395 e. The van der Waals surface area contributed by atoms with Crippen molar-refractivity contribution in [1.82, 2.24) is 4.72 Å². The Labute approximate surface area is 155 Å². The number of alkyl halides is 15. The lowest BCUT2D eigenvalue weighted by Crippen LogP contribution is -2.89. The van der Waals surface area contributed by atoms with Crippen LogP contribution in [0.5, 0.6) is 0 Å². The molecule has 4 nitrogen and oxygen atoms in total. The van der Waals surface area contributed by atoms with Crippen LogP contribution >= 0.6 is 0 Å². The zero-order valence-electron chi connectivity index (χ0n) is 13.3. The first kappa shape index (κ1) is 26.9. The van der Waals surface area contributed by atoms with Crippen molar-refractivity contribution >= 4 is 10.0 Å². The molecule has 1 aliphatic rings. The molecule has 0 atom stereocenters. The van der Waals surface area contributed by atoms with Gasteiger partial charge < -0.3 is 5.11 Å². The monoisotopic (exact) mass is 505 g/mol. The Kier molecular flexibility index (Phi) is 5.75. The molecular formula is C10H6F15NO3S. The van der Waals surface area contributed by atoms with E-state index in [1.54, 1.807) is 0 Å².